The lowest BCUT2D eigenvalue weighted by Crippen LogP contribution is -2.40. The van der Waals surface area contributed by atoms with Crippen molar-refractivity contribution in [1.29, 1.82) is 0 Å². The molecule has 2 atom stereocenters. The summed E-state index contributed by atoms with van der Waals surface area (Å²) in [6, 6.07) is 9.98. The summed E-state index contributed by atoms with van der Waals surface area (Å²) in [6.07, 6.45) is 7.38. The quantitative estimate of drug-likeness (QED) is 0.237. The molecule has 0 amide bonds. The number of ether oxygens (including phenoxy) is 3. The summed E-state index contributed by atoms with van der Waals surface area (Å²) in [5.74, 6) is -0.777. The van der Waals surface area contributed by atoms with Crippen LogP contribution in [0.25, 0.3) is 0 Å². The molecule has 1 aromatic rings. The van der Waals surface area contributed by atoms with Crippen molar-refractivity contribution in [3.63, 3.8) is 0 Å². The first kappa shape index (κ1) is 22.9. The summed E-state index contributed by atoms with van der Waals surface area (Å²) < 4.78 is 16.2. The lowest BCUT2D eigenvalue weighted by atomic mass is 9.84. The number of allylic oxidation sites excluding steroid dienone is 2. The van der Waals surface area contributed by atoms with Gasteiger partial charge in [-0.3, -0.25) is 9.59 Å². The number of benzene rings is 1. The van der Waals surface area contributed by atoms with Crippen LogP contribution in [0, 0.1) is 17.3 Å². The fourth-order valence-electron chi connectivity index (χ4n) is 3.95. The van der Waals surface area contributed by atoms with Crippen molar-refractivity contribution in [2.45, 2.75) is 39.7 Å². The maximum Gasteiger partial charge on any atom is 0.323 e. The highest BCUT2D eigenvalue weighted by Gasteiger charge is 2.56. The van der Waals surface area contributed by atoms with E-state index in [1.54, 1.807) is 13.8 Å². The Hall–Kier alpha value is -2.40. The van der Waals surface area contributed by atoms with Gasteiger partial charge in [-0.25, -0.2) is 0 Å². The predicted molar refractivity (Wildman–Crippen MR) is 112 cm³/mol. The van der Waals surface area contributed by atoms with E-state index in [9.17, 15) is 9.59 Å². The van der Waals surface area contributed by atoms with Crippen LogP contribution in [0.2, 0.25) is 0 Å². The minimum atomic E-state index is -1.24. The molecule has 1 aromatic carbocycles. The zero-order chi connectivity index (χ0) is 21.1. The molecule has 29 heavy (non-hydrogen) atoms. The smallest absolute Gasteiger partial charge is 0.323 e. The Bertz CT molecular complexity index is 676. The minimum Gasteiger partial charge on any atom is -0.465 e. The summed E-state index contributed by atoms with van der Waals surface area (Å²) in [4.78, 5) is 25.4. The summed E-state index contributed by atoms with van der Waals surface area (Å²) in [7, 11) is 0. The van der Waals surface area contributed by atoms with Crippen LogP contribution < -0.4 is 0 Å². The summed E-state index contributed by atoms with van der Waals surface area (Å²) in [5.41, 5.74) is -0.116. The normalized spacial score (nSPS) is 20.5. The summed E-state index contributed by atoms with van der Waals surface area (Å²) >= 11 is 0. The number of esters is 2. The van der Waals surface area contributed by atoms with E-state index in [0.717, 1.165) is 12.0 Å². The van der Waals surface area contributed by atoms with Gasteiger partial charge in [0.05, 0.1) is 26.4 Å². The van der Waals surface area contributed by atoms with Crippen LogP contribution >= 0.6 is 0 Å². The van der Waals surface area contributed by atoms with E-state index >= 15 is 0 Å². The van der Waals surface area contributed by atoms with Crippen molar-refractivity contribution in [1.82, 2.24) is 0 Å². The fraction of sp³-hybridized carbons (Fsp3) is 0.500. The monoisotopic (exact) mass is 400 g/mol. The molecule has 0 bridgehead atoms. The molecule has 0 saturated heterocycles. The van der Waals surface area contributed by atoms with E-state index in [-0.39, 0.29) is 25.0 Å². The Morgan fingerprint density at radius 2 is 1.76 bits per heavy atom. The second-order valence-electron chi connectivity index (χ2n) is 7.31. The molecule has 0 aromatic heterocycles. The minimum absolute atomic E-state index is 0.0575. The first-order chi connectivity index (χ1) is 14.1. The molecule has 1 saturated carbocycles. The molecule has 0 unspecified atom stereocenters. The van der Waals surface area contributed by atoms with Gasteiger partial charge >= 0.3 is 11.9 Å². The van der Waals surface area contributed by atoms with E-state index in [2.05, 4.69) is 12.7 Å². The molecule has 2 rings (SSSR count). The average molecular weight is 401 g/mol. The number of rotatable bonds is 11. The van der Waals surface area contributed by atoms with E-state index in [4.69, 9.17) is 14.2 Å². The molecule has 0 aliphatic heterocycles. The maximum absolute atomic E-state index is 12.7. The molecule has 158 valence electrons. The van der Waals surface area contributed by atoms with Gasteiger partial charge in [0.1, 0.15) is 0 Å². The molecule has 5 heteroatoms. The van der Waals surface area contributed by atoms with Crippen molar-refractivity contribution in [3.05, 3.63) is 60.7 Å². The van der Waals surface area contributed by atoms with Crippen LogP contribution in [0.15, 0.2) is 55.1 Å². The molecule has 0 N–H and O–H groups in total. The molecule has 0 spiro atoms. The molecule has 1 fully saturated rings. The number of carbonyl (C=O) groups is 2. The fourth-order valence-corrected chi connectivity index (χ4v) is 3.95. The Morgan fingerprint density at radius 3 is 2.34 bits per heavy atom. The Labute approximate surface area is 173 Å². The first-order valence-electron chi connectivity index (χ1n) is 10.3. The third kappa shape index (κ3) is 6.04. The Morgan fingerprint density at radius 1 is 1.10 bits per heavy atom. The van der Waals surface area contributed by atoms with Gasteiger partial charge in [0.15, 0.2) is 5.41 Å². The van der Waals surface area contributed by atoms with Gasteiger partial charge in [0, 0.05) is 0 Å². The average Bonchev–Trinajstić information content (AvgIpc) is 3.09. The van der Waals surface area contributed by atoms with Crippen molar-refractivity contribution in [2.75, 3.05) is 19.8 Å². The van der Waals surface area contributed by atoms with Crippen LogP contribution in [0.1, 0.15) is 38.7 Å². The zero-order valence-corrected chi connectivity index (χ0v) is 17.5. The van der Waals surface area contributed by atoms with Crippen LogP contribution in [-0.2, 0) is 30.4 Å². The van der Waals surface area contributed by atoms with Crippen LogP contribution in [0.5, 0.6) is 0 Å². The molecular weight excluding hydrogens is 368 g/mol. The number of hydrogen-bond donors (Lipinski definition) is 0. The lowest BCUT2D eigenvalue weighted by Gasteiger charge is -2.24. The lowest BCUT2D eigenvalue weighted by molar-refractivity contribution is -0.172. The zero-order valence-electron chi connectivity index (χ0n) is 17.5. The van der Waals surface area contributed by atoms with E-state index in [1.807, 2.05) is 42.5 Å². The standard InChI is InChI=1S/C24H32O5/c1-4-11-20-16-24(22(25)28-5-2,23(26)29-6-3)17-21(20)14-10-15-27-18-19-12-8-7-9-13-19/h4,7-10,12-14,20-21H,1,5-6,11,15-18H2,2-3H3/b14-10+/t20-,21-/m1/s1. The van der Waals surface area contributed by atoms with Crippen molar-refractivity contribution < 1.29 is 23.8 Å². The second-order valence-corrected chi connectivity index (χ2v) is 7.31. The summed E-state index contributed by atoms with van der Waals surface area (Å²) in [6.45, 7) is 8.81. The van der Waals surface area contributed by atoms with Gasteiger partial charge in [-0.15, -0.1) is 6.58 Å². The van der Waals surface area contributed by atoms with Gasteiger partial charge in [-0.05, 0) is 50.5 Å². The van der Waals surface area contributed by atoms with Crippen LogP contribution in [0.3, 0.4) is 0 Å². The van der Waals surface area contributed by atoms with E-state index in [1.165, 1.54) is 0 Å². The Kier molecular flexibility index (Phi) is 9.13. The first-order valence-corrected chi connectivity index (χ1v) is 10.3. The highest BCUT2D eigenvalue weighted by atomic mass is 16.6. The van der Waals surface area contributed by atoms with E-state index < -0.39 is 17.4 Å². The maximum atomic E-state index is 12.7. The topological polar surface area (TPSA) is 61.8 Å². The largest absolute Gasteiger partial charge is 0.465 e. The number of carbonyl (C=O) groups excluding carboxylic acids is 2. The molecule has 0 radical (unpaired) electrons. The van der Waals surface area contributed by atoms with Crippen LogP contribution in [0.4, 0.5) is 0 Å². The van der Waals surface area contributed by atoms with Gasteiger partial charge < -0.3 is 14.2 Å². The highest BCUT2D eigenvalue weighted by molar-refractivity contribution is 6.00. The predicted octanol–water partition coefficient (Wildman–Crippen LogP) is 4.47. The highest BCUT2D eigenvalue weighted by Crippen LogP contribution is 2.49. The van der Waals surface area contributed by atoms with Crippen molar-refractivity contribution in [2.24, 2.45) is 17.3 Å². The van der Waals surface area contributed by atoms with Crippen molar-refractivity contribution >= 4 is 11.9 Å². The second kappa shape index (κ2) is 11.6. The van der Waals surface area contributed by atoms with E-state index in [0.29, 0.717) is 26.1 Å². The SMILES string of the molecule is C=CC[C@@H]1CC(C(=O)OCC)(C(=O)OCC)C[C@H]1/C=C/COCc1ccccc1. The van der Waals surface area contributed by atoms with Gasteiger partial charge in [0.2, 0.25) is 0 Å². The summed E-state index contributed by atoms with van der Waals surface area (Å²) in [5, 5.41) is 0. The molecule has 5 nitrogen and oxygen atoms in total. The molecular formula is C24H32O5. The van der Waals surface area contributed by atoms with Gasteiger partial charge in [0.25, 0.3) is 0 Å². The van der Waals surface area contributed by atoms with Gasteiger partial charge in [-0.2, -0.15) is 0 Å². The molecule has 1 aliphatic rings. The van der Waals surface area contributed by atoms with Gasteiger partial charge in [-0.1, -0.05) is 48.6 Å². The molecule has 1 aliphatic carbocycles. The van der Waals surface area contributed by atoms with Crippen molar-refractivity contribution in [3.8, 4) is 0 Å². The third-order valence-corrected chi connectivity index (χ3v) is 5.31. The van der Waals surface area contributed by atoms with Crippen LogP contribution in [-0.4, -0.2) is 31.8 Å². The molecule has 0 heterocycles. The Balaban J connectivity index is 2.05. The third-order valence-electron chi connectivity index (χ3n) is 5.31. The number of hydrogen-bond acceptors (Lipinski definition) is 5.